The predicted octanol–water partition coefficient (Wildman–Crippen LogP) is 2.26. The van der Waals surface area contributed by atoms with Gasteiger partial charge in [-0.15, -0.1) is 0 Å². The Kier molecular flexibility index (Phi) is 4.11. The number of halogens is 2. The number of carbonyl (C=O) groups excluding carboxylic acids is 3. The smallest absolute Gasteiger partial charge is 0.324 e. The van der Waals surface area contributed by atoms with Crippen molar-refractivity contribution in [3.8, 4) is 0 Å². The molecule has 112 valence electrons. The van der Waals surface area contributed by atoms with E-state index >= 15 is 0 Å². The molecule has 21 heavy (non-hydrogen) atoms. The fourth-order valence-electron chi connectivity index (χ4n) is 1.88. The van der Waals surface area contributed by atoms with Gasteiger partial charge in [0.15, 0.2) is 0 Å². The Bertz CT molecular complexity index is 631. The van der Waals surface area contributed by atoms with E-state index in [9.17, 15) is 14.4 Å². The van der Waals surface area contributed by atoms with E-state index < -0.39 is 23.4 Å². The number of rotatable bonds is 3. The zero-order valence-corrected chi connectivity index (χ0v) is 12.9. The van der Waals surface area contributed by atoms with Crippen molar-refractivity contribution >= 4 is 46.7 Å². The van der Waals surface area contributed by atoms with Crippen LogP contribution in [0.4, 0.5) is 10.5 Å². The summed E-state index contributed by atoms with van der Waals surface area (Å²) in [5, 5.41) is 5.71. The lowest BCUT2D eigenvalue weighted by atomic mass is 10.1. The predicted molar refractivity (Wildman–Crippen MR) is 79.4 cm³/mol. The standard InChI is InChI=1S/C13H13Cl2N3O3/c1-13(2)11(20)18(12(21)17-13)6-10(19)16-7-3-4-8(14)9(15)5-7/h3-5H,6H2,1-2H3,(H,16,19)(H,17,21). The number of amides is 4. The summed E-state index contributed by atoms with van der Waals surface area (Å²) in [6, 6.07) is 4.00. The van der Waals surface area contributed by atoms with Crippen LogP contribution in [-0.2, 0) is 9.59 Å². The summed E-state index contributed by atoms with van der Waals surface area (Å²) in [5.41, 5.74) is -0.568. The lowest BCUT2D eigenvalue weighted by Gasteiger charge is -2.15. The number of nitrogens with one attached hydrogen (secondary N) is 2. The first-order chi connectivity index (χ1) is 9.70. The lowest BCUT2D eigenvalue weighted by molar-refractivity contribution is -0.132. The van der Waals surface area contributed by atoms with E-state index in [2.05, 4.69) is 10.6 Å². The minimum absolute atomic E-state index is 0.297. The van der Waals surface area contributed by atoms with Crippen LogP contribution in [0.25, 0.3) is 0 Å². The first-order valence-electron chi connectivity index (χ1n) is 6.10. The van der Waals surface area contributed by atoms with Gasteiger partial charge in [0.25, 0.3) is 5.91 Å². The molecule has 1 aromatic rings. The molecular weight excluding hydrogens is 317 g/mol. The Morgan fingerprint density at radius 3 is 2.48 bits per heavy atom. The summed E-state index contributed by atoms with van der Waals surface area (Å²) < 4.78 is 0. The van der Waals surface area contributed by atoms with Gasteiger partial charge in [0, 0.05) is 5.69 Å². The summed E-state index contributed by atoms with van der Waals surface area (Å²) >= 11 is 11.6. The molecule has 4 amide bonds. The summed E-state index contributed by atoms with van der Waals surface area (Å²) in [6.45, 7) is 2.78. The molecule has 0 unspecified atom stereocenters. The topological polar surface area (TPSA) is 78.5 Å². The number of hydrogen-bond acceptors (Lipinski definition) is 3. The molecule has 0 spiro atoms. The summed E-state index contributed by atoms with van der Waals surface area (Å²) in [5.74, 6) is -0.952. The number of benzene rings is 1. The third-order valence-corrected chi connectivity index (χ3v) is 3.69. The summed E-state index contributed by atoms with van der Waals surface area (Å²) in [4.78, 5) is 36.4. The van der Waals surface area contributed by atoms with Gasteiger partial charge in [0.05, 0.1) is 10.0 Å². The van der Waals surface area contributed by atoms with Gasteiger partial charge in [0.1, 0.15) is 12.1 Å². The van der Waals surface area contributed by atoms with Crippen molar-refractivity contribution in [2.24, 2.45) is 0 Å². The van der Waals surface area contributed by atoms with Gasteiger partial charge in [-0.1, -0.05) is 23.2 Å². The number of nitrogens with zero attached hydrogens (tertiary/aromatic N) is 1. The van der Waals surface area contributed by atoms with Gasteiger partial charge in [0.2, 0.25) is 5.91 Å². The first kappa shape index (κ1) is 15.6. The van der Waals surface area contributed by atoms with Crippen molar-refractivity contribution in [2.75, 3.05) is 11.9 Å². The molecule has 0 aromatic heterocycles. The zero-order chi connectivity index (χ0) is 15.8. The van der Waals surface area contributed by atoms with Gasteiger partial charge < -0.3 is 10.6 Å². The quantitative estimate of drug-likeness (QED) is 0.835. The maximum Gasteiger partial charge on any atom is 0.325 e. The van der Waals surface area contributed by atoms with Crippen LogP contribution in [0.2, 0.25) is 10.0 Å². The van der Waals surface area contributed by atoms with E-state index in [4.69, 9.17) is 23.2 Å². The third-order valence-electron chi connectivity index (χ3n) is 2.95. The Morgan fingerprint density at radius 1 is 1.29 bits per heavy atom. The van der Waals surface area contributed by atoms with Crippen LogP contribution in [0.1, 0.15) is 13.8 Å². The average molecular weight is 330 g/mol. The minimum atomic E-state index is -0.999. The molecule has 0 atom stereocenters. The van der Waals surface area contributed by atoms with E-state index in [1.54, 1.807) is 19.9 Å². The van der Waals surface area contributed by atoms with Crippen LogP contribution < -0.4 is 10.6 Å². The molecule has 6 nitrogen and oxygen atoms in total. The SMILES string of the molecule is CC1(C)NC(=O)N(CC(=O)Nc2ccc(Cl)c(Cl)c2)C1=O. The lowest BCUT2D eigenvalue weighted by Crippen LogP contribution is -2.41. The van der Waals surface area contributed by atoms with Crippen molar-refractivity contribution in [3.63, 3.8) is 0 Å². The third kappa shape index (κ3) is 3.28. The Morgan fingerprint density at radius 2 is 1.95 bits per heavy atom. The summed E-state index contributed by atoms with van der Waals surface area (Å²) in [6.07, 6.45) is 0. The molecule has 1 saturated heterocycles. The molecule has 0 bridgehead atoms. The Balaban J connectivity index is 2.04. The number of carbonyl (C=O) groups is 3. The fraction of sp³-hybridized carbons (Fsp3) is 0.308. The molecular formula is C13H13Cl2N3O3. The fourth-order valence-corrected chi connectivity index (χ4v) is 2.18. The van der Waals surface area contributed by atoms with Crippen LogP contribution in [0, 0.1) is 0 Å². The molecule has 1 heterocycles. The van der Waals surface area contributed by atoms with E-state index in [1.165, 1.54) is 12.1 Å². The second-order valence-electron chi connectivity index (χ2n) is 5.12. The molecule has 1 aliphatic heterocycles. The molecule has 0 aliphatic carbocycles. The number of hydrogen-bond donors (Lipinski definition) is 2. The van der Waals surface area contributed by atoms with Crippen molar-refractivity contribution in [1.82, 2.24) is 10.2 Å². The van der Waals surface area contributed by atoms with Gasteiger partial charge >= 0.3 is 6.03 Å². The van der Waals surface area contributed by atoms with Crippen LogP contribution in [0.15, 0.2) is 18.2 Å². The molecule has 1 aliphatic rings. The molecule has 2 rings (SSSR count). The van der Waals surface area contributed by atoms with E-state index in [0.717, 1.165) is 4.90 Å². The highest BCUT2D eigenvalue weighted by Crippen LogP contribution is 2.25. The monoisotopic (exact) mass is 329 g/mol. The largest absolute Gasteiger partial charge is 0.325 e. The maximum atomic E-state index is 11.9. The van der Waals surface area contributed by atoms with Gasteiger partial charge in [-0.3, -0.25) is 14.5 Å². The highest BCUT2D eigenvalue weighted by molar-refractivity contribution is 6.42. The van der Waals surface area contributed by atoms with Crippen molar-refractivity contribution in [1.29, 1.82) is 0 Å². The Labute approximate surface area is 131 Å². The molecule has 0 saturated carbocycles. The summed E-state index contributed by atoms with van der Waals surface area (Å²) in [7, 11) is 0. The zero-order valence-electron chi connectivity index (χ0n) is 11.4. The maximum absolute atomic E-state index is 11.9. The molecule has 1 fully saturated rings. The van der Waals surface area contributed by atoms with Gasteiger partial charge in [-0.25, -0.2) is 4.79 Å². The molecule has 2 N–H and O–H groups in total. The van der Waals surface area contributed by atoms with Gasteiger partial charge in [-0.05, 0) is 32.0 Å². The molecule has 8 heteroatoms. The Hall–Kier alpha value is -1.79. The molecule has 0 radical (unpaired) electrons. The van der Waals surface area contributed by atoms with Crippen LogP contribution in [-0.4, -0.2) is 34.8 Å². The second-order valence-corrected chi connectivity index (χ2v) is 5.94. The van der Waals surface area contributed by atoms with E-state index in [0.29, 0.717) is 15.7 Å². The molecule has 1 aromatic carbocycles. The van der Waals surface area contributed by atoms with Crippen LogP contribution in [0.3, 0.4) is 0 Å². The van der Waals surface area contributed by atoms with E-state index in [1.807, 2.05) is 0 Å². The van der Waals surface area contributed by atoms with Crippen LogP contribution in [0.5, 0.6) is 0 Å². The van der Waals surface area contributed by atoms with Gasteiger partial charge in [-0.2, -0.15) is 0 Å². The highest BCUT2D eigenvalue weighted by Gasteiger charge is 2.44. The minimum Gasteiger partial charge on any atom is -0.324 e. The number of anilines is 1. The van der Waals surface area contributed by atoms with Crippen LogP contribution >= 0.6 is 23.2 Å². The normalized spacial score (nSPS) is 16.9. The van der Waals surface area contributed by atoms with E-state index in [-0.39, 0.29) is 6.54 Å². The number of imide groups is 1. The number of urea groups is 1. The van der Waals surface area contributed by atoms with Crippen molar-refractivity contribution < 1.29 is 14.4 Å². The second kappa shape index (κ2) is 5.54. The first-order valence-corrected chi connectivity index (χ1v) is 6.85. The highest BCUT2D eigenvalue weighted by atomic mass is 35.5. The van der Waals surface area contributed by atoms with Crippen molar-refractivity contribution in [3.05, 3.63) is 28.2 Å². The van der Waals surface area contributed by atoms with Crippen molar-refractivity contribution in [2.45, 2.75) is 19.4 Å². The average Bonchev–Trinajstić information content (AvgIpc) is 2.56.